The fraction of sp³-hybridized carbons (Fsp3) is 0.143. The van der Waals surface area contributed by atoms with Gasteiger partial charge in [-0.2, -0.15) is 0 Å². The fourth-order valence-electron chi connectivity index (χ4n) is 1.49. The third-order valence-electron chi connectivity index (χ3n) is 2.53. The van der Waals surface area contributed by atoms with Gasteiger partial charge in [-0.25, -0.2) is 0 Å². The van der Waals surface area contributed by atoms with Crippen LogP contribution < -0.4 is 4.74 Å². The number of rotatable bonds is 3. The van der Waals surface area contributed by atoms with Crippen molar-refractivity contribution >= 4 is 0 Å². The first kappa shape index (κ1) is 11.3. The van der Waals surface area contributed by atoms with Gasteiger partial charge in [-0.1, -0.05) is 24.3 Å². The lowest BCUT2D eigenvalue weighted by molar-refractivity contribution is 0.288. The predicted molar refractivity (Wildman–Crippen MR) is 65.3 cm³/mol. The van der Waals surface area contributed by atoms with Crippen LogP contribution in [0.1, 0.15) is 11.1 Å². The standard InChI is InChI=1S/C14H14O3/c1-10-6-7-11(8-13(10)16)9-17-14-5-3-2-4-12(14)15/h2-8,15-16H,9H2,1H3. The van der Waals surface area contributed by atoms with E-state index in [1.165, 1.54) is 0 Å². The number of hydrogen-bond acceptors (Lipinski definition) is 3. The van der Waals surface area contributed by atoms with Gasteiger partial charge in [-0.05, 0) is 36.2 Å². The first-order valence-corrected chi connectivity index (χ1v) is 5.36. The zero-order valence-electron chi connectivity index (χ0n) is 9.55. The molecule has 2 aromatic rings. The summed E-state index contributed by atoms with van der Waals surface area (Å²) in [6.07, 6.45) is 0. The van der Waals surface area contributed by atoms with Gasteiger partial charge in [0.15, 0.2) is 11.5 Å². The van der Waals surface area contributed by atoms with Gasteiger partial charge in [0, 0.05) is 0 Å². The SMILES string of the molecule is Cc1ccc(COc2ccccc2O)cc1O. The number of phenolic OH excluding ortho intramolecular Hbond substituents is 2. The van der Waals surface area contributed by atoms with E-state index in [1.807, 2.05) is 19.1 Å². The second-order valence-electron chi connectivity index (χ2n) is 3.88. The largest absolute Gasteiger partial charge is 0.508 e. The van der Waals surface area contributed by atoms with Crippen LogP contribution in [0, 0.1) is 6.92 Å². The van der Waals surface area contributed by atoms with Crippen LogP contribution in [0.3, 0.4) is 0 Å². The van der Waals surface area contributed by atoms with E-state index >= 15 is 0 Å². The highest BCUT2D eigenvalue weighted by Gasteiger charge is 2.02. The summed E-state index contributed by atoms with van der Waals surface area (Å²) in [5.41, 5.74) is 1.69. The smallest absolute Gasteiger partial charge is 0.161 e. The summed E-state index contributed by atoms with van der Waals surface area (Å²) < 4.78 is 5.46. The van der Waals surface area contributed by atoms with Crippen LogP contribution >= 0.6 is 0 Å². The fourth-order valence-corrected chi connectivity index (χ4v) is 1.49. The number of ether oxygens (including phenoxy) is 1. The molecule has 0 radical (unpaired) electrons. The van der Waals surface area contributed by atoms with Crippen molar-refractivity contribution in [3.63, 3.8) is 0 Å². The molecule has 0 bridgehead atoms. The van der Waals surface area contributed by atoms with E-state index in [2.05, 4.69) is 0 Å². The zero-order chi connectivity index (χ0) is 12.3. The summed E-state index contributed by atoms with van der Waals surface area (Å²) in [5, 5.41) is 19.1. The summed E-state index contributed by atoms with van der Waals surface area (Å²) in [4.78, 5) is 0. The van der Waals surface area contributed by atoms with Crippen LogP contribution in [0.15, 0.2) is 42.5 Å². The quantitative estimate of drug-likeness (QED) is 0.852. The van der Waals surface area contributed by atoms with E-state index in [0.29, 0.717) is 12.4 Å². The highest BCUT2D eigenvalue weighted by Crippen LogP contribution is 2.26. The molecule has 2 rings (SSSR count). The summed E-state index contributed by atoms with van der Waals surface area (Å²) in [7, 11) is 0. The lowest BCUT2D eigenvalue weighted by atomic mass is 10.1. The summed E-state index contributed by atoms with van der Waals surface area (Å²) in [5.74, 6) is 0.805. The average Bonchev–Trinajstić information content (AvgIpc) is 2.32. The molecule has 2 N–H and O–H groups in total. The van der Waals surface area contributed by atoms with Crippen molar-refractivity contribution in [3.8, 4) is 17.2 Å². The summed E-state index contributed by atoms with van der Waals surface area (Å²) >= 11 is 0. The predicted octanol–water partition coefficient (Wildman–Crippen LogP) is 2.99. The third-order valence-corrected chi connectivity index (χ3v) is 2.53. The first-order valence-electron chi connectivity index (χ1n) is 5.36. The molecule has 0 saturated carbocycles. The van der Waals surface area contributed by atoms with E-state index in [-0.39, 0.29) is 11.5 Å². The van der Waals surface area contributed by atoms with Crippen LogP contribution in [-0.4, -0.2) is 10.2 Å². The molecule has 0 fully saturated rings. The van der Waals surface area contributed by atoms with E-state index in [4.69, 9.17) is 4.74 Å². The van der Waals surface area contributed by atoms with Crippen LogP contribution in [0.5, 0.6) is 17.2 Å². The lowest BCUT2D eigenvalue weighted by Gasteiger charge is -2.08. The maximum Gasteiger partial charge on any atom is 0.161 e. The highest BCUT2D eigenvalue weighted by molar-refractivity contribution is 5.39. The third kappa shape index (κ3) is 2.69. The highest BCUT2D eigenvalue weighted by atomic mass is 16.5. The maximum atomic E-state index is 9.55. The topological polar surface area (TPSA) is 49.7 Å². The molecule has 0 spiro atoms. The number of aryl methyl sites for hydroxylation is 1. The van der Waals surface area contributed by atoms with Gasteiger partial charge in [0.2, 0.25) is 0 Å². The molecule has 0 aromatic heterocycles. The molecule has 0 aliphatic carbocycles. The Bertz CT molecular complexity index is 521. The van der Waals surface area contributed by atoms with E-state index < -0.39 is 0 Å². The number of aromatic hydroxyl groups is 2. The molecule has 0 aliphatic rings. The zero-order valence-corrected chi connectivity index (χ0v) is 9.55. The minimum absolute atomic E-state index is 0.115. The minimum Gasteiger partial charge on any atom is -0.508 e. The van der Waals surface area contributed by atoms with Crippen molar-refractivity contribution < 1.29 is 14.9 Å². The van der Waals surface area contributed by atoms with E-state index in [0.717, 1.165) is 11.1 Å². The molecule has 0 unspecified atom stereocenters. The number of phenols is 2. The second-order valence-corrected chi connectivity index (χ2v) is 3.88. The Morgan fingerprint density at radius 3 is 2.47 bits per heavy atom. The average molecular weight is 230 g/mol. The number of benzene rings is 2. The van der Waals surface area contributed by atoms with Gasteiger partial charge >= 0.3 is 0 Å². The molecule has 3 nitrogen and oxygen atoms in total. The van der Waals surface area contributed by atoms with Crippen LogP contribution in [-0.2, 0) is 6.61 Å². The Morgan fingerprint density at radius 2 is 1.76 bits per heavy atom. The molecular weight excluding hydrogens is 216 g/mol. The molecule has 17 heavy (non-hydrogen) atoms. The molecule has 0 atom stereocenters. The number of hydrogen-bond donors (Lipinski definition) is 2. The molecule has 0 aliphatic heterocycles. The molecular formula is C14H14O3. The molecule has 88 valence electrons. The summed E-state index contributed by atoms with van der Waals surface area (Å²) in [6.45, 7) is 2.15. The van der Waals surface area contributed by atoms with Crippen molar-refractivity contribution in [2.45, 2.75) is 13.5 Å². The molecule has 0 amide bonds. The Kier molecular flexibility index (Phi) is 3.19. The normalized spacial score (nSPS) is 10.2. The van der Waals surface area contributed by atoms with Gasteiger partial charge < -0.3 is 14.9 Å². The van der Waals surface area contributed by atoms with Crippen molar-refractivity contribution in [1.82, 2.24) is 0 Å². The van der Waals surface area contributed by atoms with Gasteiger partial charge in [0.05, 0.1) is 0 Å². The monoisotopic (exact) mass is 230 g/mol. The Labute approximate surface area is 99.9 Å². The second kappa shape index (κ2) is 4.78. The molecule has 2 aromatic carbocycles. The van der Waals surface area contributed by atoms with Crippen molar-refractivity contribution in [3.05, 3.63) is 53.6 Å². The Hall–Kier alpha value is -2.16. The Morgan fingerprint density at radius 1 is 1.00 bits per heavy atom. The van der Waals surface area contributed by atoms with E-state index in [9.17, 15) is 10.2 Å². The maximum absolute atomic E-state index is 9.55. The van der Waals surface area contributed by atoms with E-state index in [1.54, 1.807) is 30.3 Å². The number of para-hydroxylation sites is 2. The van der Waals surface area contributed by atoms with Crippen LogP contribution in [0.2, 0.25) is 0 Å². The van der Waals surface area contributed by atoms with Gasteiger partial charge in [0.1, 0.15) is 12.4 Å². The van der Waals surface area contributed by atoms with Gasteiger partial charge in [-0.3, -0.25) is 0 Å². The lowest BCUT2D eigenvalue weighted by Crippen LogP contribution is -1.95. The molecule has 0 heterocycles. The van der Waals surface area contributed by atoms with Crippen LogP contribution in [0.25, 0.3) is 0 Å². The molecule has 0 saturated heterocycles. The minimum atomic E-state index is 0.115. The molecule has 3 heteroatoms. The Balaban J connectivity index is 2.08. The van der Waals surface area contributed by atoms with Gasteiger partial charge in [-0.15, -0.1) is 0 Å². The van der Waals surface area contributed by atoms with Gasteiger partial charge in [0.25, 0.3) is 0 Å². The first-order chi connectivity index (χ1) is 8.16. The summed E-state index contributed by atoms with van der Waals surface area (Å²) in [6, 6.07) is 12.2. The van der Waals surface area contributed by atoms with Crippen molar-refractivity contribution in [2.75, 3.05) is 0 Å². The van der Waals surface area contributed by atoms with Crippen molar-refractivity contribution in [2.24, 2.45) is 0 Å². The van der Waals surface area contributed by atoms with Crippen LogP contribution in [0.4, 0.5) is 0 Å². The van der Waals surface area contributed by atoms with Crippen molar-refractivity contribution in [1.29, 1.82) is 0 Å².